The molecular weight excluding hydrogens is 224 g/mol. The van der Waals surface area contributed by atoms with E-state index in [0.717, 1.165) is 18.6 Å². The van der Waals surface area contributed by atoms with E-state index in [9.17, 15) is 0 Å². The molecule has 0 spiro atoms. The minimum absolute atomic E-state index is 0.361. The first kappa shape index (κ1) is 13.4. The number of hydrogen-bond donors (Lipinski definition) is 2. The molecule has 1 fully saturated rings. The van der Waals surface area contributed by atoms with E-state index >= 15 is 0 Å². The van der Waals surface area contributed by atoms with Gasteiger partial charge >= 0.3 is 0 Å². The number of ether oxygens (including phenoxy) is 1. The van der Waals surface area contributed by atoms with Gasteiger partial charge in [0.1, 0.15) is 5.75 Å². The van der Waals surface area contributed by atoms with Gasteiger partial charge in [-0.3, -0.25) is 0 Å². The third-order valence-corrected chi connectivity index (χ3v) is 3.85. The first-order valence-electron chi connectivity index (χ1n) is 6.84. The molecule has 0 aliphatic heterocycles. The van der Waals surface area contributed by atoms with E-state index in [1.807, 2.05) is 12.1 Å². The molecule has 0 aromatic heterocycles. The normalized spacial score (nSPS) is 25.7. The van der Waals surface area contributed by atoms with Gasteiger partial charge in [-0.1, -0.05) is 12.1 Å². The summed E-state index contributed by atoms with van der Waals surface area (Å²) in [4.78, 5) is 0. The summed E-state index contributed by atoms with van der Waals surface area (Å²) in [6, 6.07) is 9.65. The van der Waals surface area contributed by atoms with Gasteiger partial charge in [-0.25, -0.2) is 0 Å². The Labute approximate surface area is 110 Å². The first-order chi connectivity index (χ1) is 8.69. The maximum absolute atomic E-state index is 5.93. The predicted molar refractivity (Wildman–Crippen MR) is 74.8 cm³/mol. The zero-order chi connectivity index (χ0) is 13.0. The predicted octanol–water partition coefficient (Wildman–Crippen LogP) is 2.62. The van der Waals surface area contributed by atoms with Gasteiger partial charge in [-0.15, -0.1) is 0 Å². The summed E-state index contributed by atoms with van der Waals surface area (Å²) in [5, 5.41) is 3.70. The molecule has 1 aliphatic rings. The largest absolute Gasteiger partial charge is 0.497 e. The molecule has 1 saturated carbocycles. The van der Waals surface area contributed by atoms with Crippen LogP contribution in [-0.2, 0) is 0 Å². The van der Waals surface area contributed by atoms with Crippen molar-refractivity contribution in [3.8, 4) is 5.75 Å². The van der Waals surface area contributed by atoms with Crippen molar-refractivity contribution >= 4 is 0 Å². The van der Waals surface area contributed by atoms with Crippen molar-refractivity contribution in [1.29, 1.82) is 0 Å². The highest BCUT2D eigenvalue weighted by atomic mass is 16.5. The molecule has 3 nitrogen and oxygen atoms in total. The Morgan fingerprint density at radius 1 is 1.28 bits per heavy atom. The summed E-state index contributed by atoms with van der Waals surface area (Å²) < 4.78 is 5.26. The molecule has 3 N–H and O–H groups in total. The van der Waals surface area contributed by atoms with Gasteiger partial charge in [0.25, 0.3) is 0 Å². The fraction of sp³-hybridized carbons (Fsp3) is 0.600. The van der Waals surface area contributed by atoms with Crippen molar-refractivity contribution in [2.45, 2.75) is 50.7 Å². The number of nitrogens with one attached hydrogen (secondary N) is 1. The summed E-state index contributed by atoms with van der Waals surface area (Å²) in [6.45, 7) is 2.21. The van der Waals surface area contributed by atoms with Gasteiger partial charge in [-0.2, -0.15) is 0 Å². The third-order valence-electron chi connectivity index (χ3n) is 3.85. The fourth-order valence-corrected chi connectivity index (χ4v) is 2.65. The molecule has 18 heavy (non-hydrogen) atoms. The molecule has 0 radical (unpaired) electrons. The molecule has 0 bridgehead atoms. The van der Waals surface area contributed by atoms with Crippen molar-refractivity contribution < 1.29 is 4.74 Å². The smallest absolute Gasteiger partial charge is 0.119 e. The number of hydrogen-bond acceptors (Lipinski definition) is 3. The zero-order valence-electron chi connectivity index (χ0n) is 11.4. The highest BCUT2D eigenvalue weighted by Crippen LogP contribution is 2.23. The highest BCUT2D eigenvalue weighted by molar-refractivity contribution is 5.30. The summed E-state index contributed by atoms with van der Waals surface area (Å²) >= 11 is 0. The van der Waals surface area contributed by atoms with Crippen molar-refractivity contribution in [2.24, 2.45) is 5.73 Å². The van der Waals surface area contributed by atoms with Crippen molar-refractivity contribution in [3.63, 3.8) is 0 Å². The third kappa shape index (κ3) is 3.47. The van der Waals surface area contributed by atoms with E-state index in [4.69, 9.17) is 10.5 Å². The Morgan fingerprint density at radius 3 is 2.67 bits per heavy atom. The molecule has 1 atom stereocenters. The molecule has 1 aliphatic carbocycles. The monoisotopic (exact) mass is 248 g/mol. The molecule has 0 heterocycles. The van der Waals surface area contributed by atoms with E-state index in [2.05, 4.69) is 24.4 Å². The summed E-state index contributed by atoms with van der Waals surface area (Å²) in [5.74, 6) is 0.923. The number of nitrogens with two attached hydrogens (primary N) is 1. The lowest BCUT2D eigenvalue weighted by atomic mass is 9.91. The lowest BCUT2D eigenvalue weighted by Gasteiger charge is -2.29. The Hall–Kier alpha value is -1.06. The van der Waals surface area contributed by atoms with Crippen LogP contribution in [0.5, 0.6) is 5.75 Å². The Kier molecular flexibility index (Phi) is 4.61. The van der Waals surface area contributed by atoms with Crippen molar-refractivity contribution in [2.75, 3.05) is 7.11 Å². The maximum Gasteiger partial charge on any atom is 0.119 e. The SMILES string of the molecule is COc1cccc([C@H](C)NC2CCC(N)CC2)c1. The highest BCUT2D eigenvalue weighted by Gasteiger charge is 2.20. The standard InChI is InChI=1S/C15H24N2O/c1-11(12-4-3-5-15(10-12)18-2)17-14-8-6-13(16)7-9-14/h3-5,10-11,13-14,17H,6-9,16H2,1-2H3/t11-,13?,14?/m0/s1. The lowest BCUT2D eigenvalue weighted by Crippen LogP contribution is -2.38. The average Bonchev–Trinajstić information content (AvgIpc) is 2.41. The summed E-state index contributed by atoms with van der Waals surface area (Å²) in [7, 11) is 1.71. The van der Waals surface area contributed by atoms with Crippen molar-refractivity contribution in [3.05, 3.63) is 29.8 Å². The van der Waals surface area contributed by atoms with Gasteiger partial charge in [0.15, 0.2) is 0 Å². The van der Waals surface area contributed by atoms with Crippen LogP contribution in [0.3, 0.4) is 0 Å². The molecule has 1 aromatic rings. The van der Waals surface area contributed by atoms with E-state index in [0.29, 0.717) is 18.1 Å². The zero-order valence-corrected chi connectivity index (χ0v) is 11.4. The molecule has 0 amide bonds. The quantitative estimate of drug-likeness (QED) is 0.861. The van der Waals surface area contributed by atoms with E-state index in [-0.39, 0.29) is 0 Å². The molecule has 0 unspecified atom stereocenters. The van der Waals surface area contributed by atoms with Crippen LogP contribution < -0.4 is 15.8 Å². The molecule has 100 valence electrons. The van der Waals surface area contributed by atoms with Gasteiger partial charge < -0.3 is 15.8 Å². The number of benzene rings is 1. The minimum Gasteiger partial charge on any atom is -0.497 e. The summed E-state index contributed by atoms with van der Waals surface area (Å²) in [5.41, 5.74) is 7.21. The topological polar surface area (TPSA) is 47.3 Å². The van der Waals surface area contributed by atoms with Gasteiger partial charge in [0.05, 0.1) is 7.11 Å². The second kappa shape index (κ2) is 6.21. The van der Waals surface area contributed by atoms with E-state index in [1.54, 1.807) is 7.11 Å². The fourth-order valence-electron chi connectivity index (χ4n) is 2.65. The molecular formula is C15H24N2O. The lowest BCUT2D eigenvalue weighted by molar-refractivity contribution is 0.321. The Balaban J connectivity index is 1.92. The summed E-state index contributed by atoms with van der Waals surface area (Å²) in [6.07, 6.45) is 4.66. The molecule has 1 aromatic carbocycles. The van der Waals surface area contributed by atoms with Crippen LogP contribution in [0.15, 0.2) is 24.3 Å². The van der Waals surface area contributed by atoms with E-state index in [1.165, 1.54) is 18.4 Å². The van der Waals surface area contributed by atoms with Gasteiger partial charge in [-0.05, 0) is 50.3 Å². The minimum atomic E-state index is 0.361. The molecule has 3 heteroatoms. The van der Waals surface area contributed by atoms with Crippen LogP contribution in [0.1, 0.15) is 44.2 Å². The van der Waals surface area contributed by atoms with Crippen LogP contribution in [-0.4, -0.2) is 19.2 Å². The van der Waals surface area contributed by atoms with Gasteiger partial charge in [0, 0.05) is 18.1 Å². The van der Waals surface area contributed by atoms with Crippen LogP contribution in [0.2, 0.25) is 0 Å². The second-order valence-electron chi connectivity index (χ2n) is 5.28. The molecule has 2 rings (SSSR count). The molecule has 0 saturated heterocycles. The van der Waals surface area contributed by atoms with Crippen molar-refractivity contribution in [1.82, 2.24) is 5.32 Å². The second-order valence-corrected chi connectivity index (χ2v) is 5.28. The van der Waals surface area contributed by atoms with Crippen LogP contribution >= 0.6 is 0 Å². The first-order valence-corrected chi connectivity index (χ1v) is 6.84. The van der Waals surface area contributed by atoms with Gasteiger partial charge in [0.2, 0.25) is 0 Å². The Bertz CT molecular complexity index is 373. The van der Waals surface area contributed by atoms with Crippen LogP contribution in [0, 0.1) is 0 Å². The van der Waals surface area contributed by atoms with E-state index < -0.39 is 0 Å². The van der Waals surface area contributed by atoms with Crippen LogP contribution in [0.25, 0.3) is 0 Å². The number of rotatable bonds is 4. The Morgan fingerprint density at radius 2 is 2.00 bits per heavy atom. The van der Waals surface area contributed by atoms with Crippen LogP contribution in [0.4, 0.5) is 0 Å². The number of methoxy groups -OCH3 is 1. The maximum atomic E-state index is 5.93. The average molecular weight is 248 g/mol.